The zero-order valence-electron chi connectivity index (χ0n) is 39.2. The van der Waals surface area contributed by atoms with Crippen LogP contribution in [0.1, 0.15) is 104 Å². The van der Waals surface area contributed by atoms with Gasteiger partial charge in [-0.05, 0) is 43.6 Å². The number of esters is 1. The predicted octanol–water partition coefficient (Wildman–Crippen LogP) is 7.10. The lowest BCUT2D eigenvalue weighted by Gasteiger charge is -2.34. The number of carbonyl (C=O) groups excluding carboxylic acids is 3. The van der Waals surface area contributed by atoms with Crippen LogP contribution in [-0.2, 0) is 38.1 Å². The number of nitrogens with zero attached hydrogens (tertiary/aromatic N) is 4. The number of methoxy groups -OCH3 is 4. The Morgan fingerprint density at radius 1 is 0.922 bits per heavy atom. The summed E-state index contributed by atoms with van der Waals surface area (Å²) in [5, 5.41) is 22.5. The number of amides is 1. The van der Waals surface area contributed by atoms with Gasteiger partial charge in [-0.25, -0.2) is 15.0 Å². The average molecular weight is 899 g/mol. The summed E-state index contributed by atoms with van der Waals surface area (Å²) in [5.74, 6) is -1.41. The second-order valence-corrected chi connectivity index (χ2v) is 17.5. The first-order chi connectivity index (χ1) is 30.5. The lowest BCUT2D eigenvalue weighted by Crippen LogP contribution is -2.39. The second kappa shape index (κ2) is 25.2. The Balaban J connectivity index is 1.55. The van der Waals surface area contributed by atoms with Gasteiger partial charge >= 0.3 is 5.97 Å². The van der Waals surface area contributed by atoms with Crippen molar-refractivity contribution < 1.29 is 61.5 Å². The summed E-state index contributed by atoms with van der Waals surface area (Å²) in [6.45, 7) is 11.5. The third-order valence-electron chi connectivity index (χ3n) is 12.6. The van der Waals surface area contributed by atoms with Crippen LogP contribution in [0.25, 0.3) is 29.2 Å². The number of Topliss-reactive ketones (excluding diaryl/α,β-unsaturated/α-hetero) is 1. The minimum absolute atomic E-state index is 0.0411. The Bertz CT molecular complexity index is 1940. The Labute approximate surface area is 376 Å². The van der Waals surface area contributed by atoms with E-state index in [2.05, 4.69) is 15.0 Å². The van der Waals surface area contributed by atoms with Gasteiger partial charge in [-0.2, -0.15) is 0 Å². The van der Waals surface area contributed by atoms with Crippen LogP contribution in [-0.4, -0.2) is 120 Å². The number of ketones is 1. The third kappa shape index (κ3) is 14.5. The number of carbonyl (C=O) groups is 3. The number of oxazole rings is 3. The highest BCUT2D eigenvalue weighted by Crippen LogP contribution is 2.34. The number of cyclic esters (lactones) is 1. The van der Waals surface area contributed by atoms with E-state index in [0.717, 1.165) is 0 Å². The van der Waals surface area contributed by atoms with Gasteiger partial charge in [0.05, 0.1) is 36.9 Å². The fourth-order valence-electron chi connectivity index (χ4n) is 8.46. The molecule has 0 unspecified atom stereocenters. The maximum Gasteiger partial charge on any atom is 0.308 e. The number of ether oxygens (including phenoxy) is 5. The largest absolute Gasteiger partial charge is 0.462 e. The van der Waals surface area contributed by atoms with Gasteiger partial charge in [0.2, 0.25) is 24.1 Å². The quantitative estimate of drug-likeness (QED) is 0.108. The molecule has 17 heteroatoms. The molecule has 0 saturated heterocycles. The zero-order chi connectivity index (χ0) is 47.1. The SMILES string of the molecule is CO[C@H]([C@H](C)/C=C/N(C)C=O)[C@@H](C)C(=O)CC[C@H](C)[C@H](C[C@@H]1OC(=O)C[C@@H](O)C[C@H](C)C[C@H](O)[C@H](C)[C@@H](OC)c2coc(n2)-c2coc(n2)-c2coc(n2)C=CC[C@H](OC)[C@H]1C)OC. The average Bonchev–Trinajstić information content (AvgIpc) is 4.07. The smallest absolute Gasteiger partial charge is 0.308 e. The number of rotatable bonds is 16. The lowest BCUT2D eigenvalue weighted by atomic mass is 9.84. The Hall–Kier alpha value is -4.52. The van der Waals surface area contributed by atoms with Gasteiger partial charge in [-0.1, -0.05) is 53.7 Å². The molecule has 64 heavy (non-hydrogen) atoms. The van der Waals surface area contributed by atoms with Crippen LogP contribution >= 0.6 is 0 Å². The maximum atomic E-state index is 13.7. The summed E-state index contributed by atoms with van der Waals surface area (Å²) in [4.78, 5) is 53.2. The Kier molecular flexibility index (Phi) is 20.6. The molecular weight excluding hydrogens is 829 g/mol. The van der Waals surface area contributed by atoms with Gasteiger partial charge < -0.3 is 52.0 Å². The van der Waals surface area contributed by atoms with Crippen molar-refractivity contribution in [2.24, 2.45) is 35.5 Å². The van der Waals surface area contributed by atoms with Crippen LogP contribution in [0.2, 0.25) is 0 Å². The highest BCUT2D eigenvalue weighted by atomic mass is 16.6. The summed E-state index contributed by atoms with van der Waals surface area (Å²) in [7, 11) is 7.94. The van der Waals surface area contributed by atoms with Crippen molar-refractivity contribution in [2.75, 3.05) is 35.5 Å². The Morgan fingerprint density at radius 2 is 1.61 bits per heavy atom. The molecule has 0 radical (unpaired) electrons. The van der Waals surface area contributed by atoms with E-state index in [1.165, 1.54) is 30.8 Å². The minimum Gasteiger partial charge on any atom is -0.462 e. The number of aliphatic hydroxyl groups is 2. The molecule has 17 nitrogen and oxygen atoms in total. The van der Waals surface area contributed by atoms with E-state index >= 15 is 0 Å². The van der Waals surface area contributed by atoms with Gasteiger partial charge in [0.15, 0.2) is 11.4 Å². The monoisotopic (exact) mass is 898 g/mol. The summed E-state index contributed by atoms with van der Waals surface area (Å²) in [6.07, 6.45) is 9.48. The summed E-state index contributed by atoms with van der Waals surface area (Å²) in [6, 6.07) is 0. The second-order valence-electron chi connectivity index (χ2n) is 17.5. The van der Waals surface area contributed by atoms with Crippen molar-refractivity contribution in [2.45, 2.75) is 129 Å². The normalized spacial score (nSPS) is 26.5. The number of hydrogen-bond acceptors (Lipinski definition) is 16. The van der Waals surface area contributed by atoms with E-state index in [0.29, 0.717) is 55.1 Å². The fourth-order valence-corrected chi connectivity index (χ4v) is 8.46. The molecule has 356 valence electrons. The van der Waals surface area contributed by atoms with Gasteiger partial charge in [0, 0.05) is 78.2 Å². The highest BCUT2D eigenvalue weighted by Gasteiger charge is 2.35. The highest BCUT2D eigenvalue weighted by molar-refractivity contribution is 5.81. The molecule has 0 saturated carbocycles. The molecule has 0 aliphatic carbocycles. The molecule has 4 rings (SSSR count). The molecule has 0 spiro atoms. The van der Waals surface area contributed by atoms with Gasteiger partial charge in [0.25, 0.3) is 0 Å². The third-order valence-corrected chi connectivity index (χ3v) is 12.6. The van der Waals surface area contributed by atoms with E-state index in [-0.39, 0.29) is 66.6 Å². The van der Waals surface area contributed by atoms with Crippen molar-refractivity contribution in [1.82, 2.24) is 19.9 Å². The van der Waals surface area contributed by atoms with Crippen LogP contribution < -0.4 is 0 Å². The molecule has 0 fully saturated rings. The van der Waals surface area contributed by atoms with E-state index < -0.39 is 54.4 Å². The van der Waals surface area contributed by atoms with Gasteiger partial charge in [0.1, 0.15) is 42.5 Å². The minimum atomic E-state index is -1.03. The lowest BCUT2D eigenvalue weighted by molar-refractivity contribution is -0.160. The molecule has 13 atom stereocenters. The number of hydrogen-bond donors (Lipinski definition) is 2. The number of aromatic nitrogens is 3. The van der Waals surface area contributed by atoms with Gasteiger partial charge in [-0.15, -0.1) is 0 Å². The number of fused-ring (bicyclic) bond motifs is 8. The van der Waals surface area contributed by atoms with Crippen molar-refractivity contribution in [3.63, 3.8) is 0 Å². The first-order valence-electron chi connectivity index (χ1n) is 22.1. The predicted molar refractivity (Wildman–Crippen MR) is 236 cm³/mol. The zero-order valence-corrected chi connectivity index (χ0v) is 39.2. The summed E-state index contributed by atoms with van der Waals surface area (Å²) in [5.41, 5.74) is 1.16. The standard InChI is InChI=1S/C47H70N4O13/c1-27-19-33(53)21-43(56)64-41(22-40(58-9)28(2)15-16-37(54)30(4)44(59-10)29(3)17-18-51(7)26-52)32(6)39(57-8)13-12-14-42-48-35(24-61-42)46-50-36(25-63-46)47-49-34(23-62-47)45(60-11)31(5)38(55)20-27/h12,14,17-18,23-33,38-41,44-45,53,55H,13,15-16,19-22H2,1-11H3/b14-12?,18-17+/t27-,28-,29+,30-,31-,32+,33-,38-,39-,40-,41-,44+,45+/m0/s1. The van der Waals surface area contributed by atoms with Gasteiger partial charge in [-0.3, -0.25) is 14.4 Å². The molecule has 0 aromatic carbocycles. The first-order valence-corrected chi connectivity index (χ1v) is 22.1. The summed E-state index contributed by atoms with van der Waals surface area (Å²) < 4.78 is 46.8. The molecule has 2 N–H and O–H groups in total. The molecule has 3 aromatic rings. The van der Waals surface area contributed by atoms with Crippen LogP contribution in [0.3, 0.4) is 0 Å². The number of aliphatic hydroxyl groups excluding tert-OH is 2. The van der Waals surface area contributed by atoms with Crippen molar-refractivity contribution in [1.29, 1.82) is 0 Å². The molecule has 6 bridgehead atoms. The maximum absolute atomic E-state index is 13.7. The van der Waals surface area contributed by atoms with Crippen LogP contribution in [0, 0.1) is 35.5 Å². The van der Waals surface area contributed by atoms with Crippen molar-refractivity contribution >= 4 is 24.2 Å². The van der Waals surface area contributed by atoms with Crippen LogP contribution in [0.5, 0.6) is 0 Å². The molecule has 1 amide bonds. The molecule has 1 aliphatic rings. The first kappa shape index (κ1) is 52.1. The van der Waals surface area contributed by atoms with Crippen LogP contribution in [0.4, 0.5) is 0 Å². The molecule has 1 aliphatic heterocycles. The molecular formula is C47H70N4O13. The van der Waals surface area contributed by atoms with Crippen molar-refractivity contribution in [3.05, 3.63) is 48.7 Å². The van der Waals surface area contributed by atoms with E-state index in [9.17, 15) is 24.6 Å². The Morgan fingerprint density at radius 3 is 2.28 bits per heavy atom. The van der Waals surface area contributed by atoms with E-state index in [1.807, 2.05) is 53.7 Å². The summed E-state index contributed by atoms with van der Waals surface area (Å²) >= 11 is 0. The van der Waals surface area contributed by atoms with E-state index in [4.69, 9.17) is 36.9 Å². The topological polar surface area (TPSA) is 219 Å². The van der Waals surface area contributed by atoms with Crippen LogP contribution in [0.15, 0.2) is 50.4 Å². The fraction of sp³-hybridized carbons (Fsp3) is 0.660. The van der Waals surface area contributed by atoms with Crippen molar-refractivity contribution in [3.8, 4) is 23.2 Å². The molecule has 4 heterocycles. The molecule has 3 aromatic heterocycles. The van der Waals surface area contributed by atoms with E-state index in [1.54, 1.807) is 40.7 Å².